The molecule has 5 heteroatoms. The second-order valence-electron chi connectivity index (χ2n) is 0.0583. The summed E-state index contributed by atoms with van der Waals surface area (Å²) in [7, 11) is 0. The molecule has 0 aromatic rings. The van der Waals surface area contributed by atoms with E-state index in [2.05, 4.69) is 0 Å². The summed E-state index contributed by atoms with van der Waals surface area (Å²) in [6.45, 7) is 0. The topological polar surface area (TPSA) is 9.23 Å². The average Bonchev–Trinajstić information content (AvgIpc) is 0.918. The van der Waals surface area contributed by atoms with Gasteiger partial charge in [-0.3, -0.25) is 0 Å². The van der Waals surface area contributed by atoms with E-state index in [1.165, 1.54) is 5.15 Å². The summed E-state index contributed by atoms with van der Waals surface area (Å²) >= 11 is 0. The van der Waals surface area contributed by atoms with Gasteiger partial charge in [-0.15, -0.1) is 0 Å². The Morgan fingerprint density at radius 1 is 1.20 bits per heavy atom. The largest absolute Gasteiger partial charge is 0.0209 e. The minimum Gasteiger partial charge on any atom is -0.0104 e. The molecule has 0 saturated heterocycles. The molecule has 1 nitrogen and oxygen atoms in total. The quantitative estimate of drug-likeness (QED) is 0.490. The molecule has 0 aromatic carbocycles. The molecule has 0 fully saturated rings. The molecule has 0 N–H and O–H groups in total. The molecule has 1 radical (unpaired) electrons. The smallest absolute Gasteiger partial charge is 0.0104 e. The Hall–Kier alpha value is 0.820. The molecule has 0 aliphatic rings. The van der Waals surface area contributed by atoms with Crippen LogP contribution in [-0.4, -0.2) is 0 Å². The number of hydrogen-bond donors (Lipinski definition) is 0. The molecule has 0 aliphatic heterocycles. The summed E-state index contributed by atoms with van der Waals surface area (Å²) in [4.78, 5) is 0. The Morgan fingerprint density at radius 3 is 1.20 bits per heavy atom. The monoisotopic (exact) mass is 171 g/mol. The molecule has 39 valence electrons. The van der Waals surface area contributed by atoms with Crippen LogP contribution in [0.5, 0.6) is 0 Å². The molecule has 0 aromatic heterocycles. The minimum absolute atomic E-state index is 0. The van der Waals surface area contributed by atoms with Gasteiger partial charge < -0.3 is 0 Å². The van der Waals surface area contributed by atoms with E-state index >= 15 is 0 Å². The fraction of sp³-hybridized carbons (Fsp3) is 0. The van der Waals surface area contributed by atoms with Gasteiger partial charge in [-0.1, -0.05) is 0 Å². The normalized spacial score (nSPS) is 3.60. The molecule has 0 atom stereocenters. The van der Waals surface area contributed by atoms with Gasteiger partial charge in [0.15, 0.2) is 0 Å². The molecule has 0 heterocycles. The van der Waals surface area contributed by atoms with E-state index in [0.717, 1.165) is 0 Å². The maximum atomic E-state index is 9.12. The van der Waals surface area contributed by atoms with E-state index in [0.29, 0.717) is 0 Å². The van der Waals surface area contributed by atoms with Crippen molar-refractivity contribution in [3.63, 3.8) is 0 Å². The van der Waals surface area contributed by atoms with Crippen LogP contribution >= 0.6 is 0 Å². The van der Waals surface area contributed by atoms with Crippen LogP contribution < -0.4 is 0 Å². The molecule has 0 unspecified atom stereocenters. The fourth-order valence-corrected chi connectivity index (χ4v) is 0. The first-order valence-corrected chi connectivity index (χ1v) is 0.309. The van der Waals surface area contributed by atoms with Crippen LogP contribution in [0.1, 0.15) is 0 Å². The number of halogens is 2. The molecule has 0 saturated carbocycles. The van der Waals surface area contributed by atoms with Crippen molar-refractivity contribution in [3.8, 4) is 0 Å². The number of hydrogen-bond acceptors (Lipinski definition) is 1. The molecule has 0 spiro atoms. The predicted octanol–water partition coefficient (Wildman–Crippen LogP) is 0.767. The molecule has 0 amide bonds. The number of rotatable bonds is 0. The van der Waals surface area contributed by atoms with Gasteiger partial charge in [-0.05, 0) is 9.05 Å². The van der Waals surface area contributed by atoms with E-state index in [-0.39, 0.29) is 33.3 Å². The Labute approximate surface area is 48.0 Å². The Morgan fingerprint density at radius 2 is 1.20 bits per heavy atom. The van der Waals surface area contributed by atoms with E-state index in [1.807, 2.05) is 0 Å². The van der Waals surface area contributed by atoms with Gasteiger partial charge in [0, 0.05) is 38.4 Å². The Kier molecular flexibility index (Phi) is 72.2. The Bertz CT molecular complexity index is 9.61. The van der Waals surface area contributed by atoms with E-state index < -0.39 is 0 Å². The van der Waals surface area contributed by atoms with Gasteiger partial charge in [-0.2, -0.15) is 0 Å². The molecule has 0 aliphatic carbocycles. The third-order valence-electron chi connectivity index (χ3n) is 0. The van der Waals surface area contributed by atoms with Crippen LogP contribution in [0.4, 0.5) is 9.05 Å². The van der Waals surface area contributed by atoms with Gasteiger partial charge in [0.05, 0.1) is 0 Å². The maximum Gasteiger partial charge on any atom is 0.0209 e. The van der Waals surface area contributed by atoms with E-state index in [9.17, 15) is 0 Å². The maximum absolute atomic E-state index is 9.12. The summed E-state index contributed by atoms with van der Waals surface area (Å²) < 4.78 is 18.2. The summed E-state index contributed by atoms with van der Waals surface area (Å²) in [6, 6.07) is 0. The molecule has 0 bridgehead atoms. The van der Waals surface area contributed by atoms with Crippen LogP contribution in [0.2, 0.25) is 0 Å². The first kappa shape index (κ1) is 17.0. The second-order valence-corrected chi connectivity index (χ2v) is 0.0583. The molecule has 5 heavy (non-hydrogen) atoms. The predicted molar refractivity (Wildman–Crippen MR) is 3.30 cm³/mol. The zero-order valence-electron chi connectivity index (χ0n) is 1.81. The summed E-state index contributed by atoms with van der Waals surface area (Å²) in [6.07, 6.45) is 0. The van der Waals surface area contributed by atoms with Crippen molar-refractivity contribution < 1.29 is 47.5 Å². The van der Waals surface area contributed by atoms with Crippen molar-refractivity contribution in [3.05, 3.63) is 0 Å². The summed E-state index contributed by atoms with van der Waals surface area (Å²) in [5.74, 6) is 0. The molecule has 0 rings (SSSR count). The van der Waals surface area contributed by atoms with Gasteiger partial charge in [0.2, 0.25) is 0 Å². The summed E-state index contributed by atoms with van der Waals surface area (Å²) in [5, 5.41) is 1.25. The van der Waals surface area contributed by atoms with Crippen LogP contribution in [0, 0.1) is 0 Å². The first-order valence-electron chi connectivity index (χ1n) is 0.309. The molecular formula is CoF2NiO. The van der Waals surface area contributed by atoms with Gasteiger partial charge >= 0.3 is 0 Å². The van der Waals surface area contributed by atoms with Gasteiger partial charge in [-0.25, -0.2) is 0 Å². The van der Waals surface area contributed by atoms with Crippen LogP contribution in [0.25, 0.3) is 0 Å². The standard InChI is InChI=1S/Co.F2O.Ni/c;1-3-2;. The fourth-order valence-electron chi connectivity index (χ4n) is 0. The summed E-state index contributed by atoms with van der Waals surface area (Å²) in [5.41, 5.74) is 0. The zero-order valence-corrected chi connectivity index (χ0v) is 3.84. The van der Waals surface area contributed by atoms with E-state index in [4.69, 9.17) is 9.05 Å². The van der Waals surface area contributed by atoms with E-state index in [1.54, 1.807) is 0 Å². The minimum atomic E-state index is 0. The Balaban J connectivity index is -0.0000000200. The van der Waals surface area contributed by atoms with Crippen molar-refractivity contribution in [1.29, 1.82) is 0 Å². The van der Waals surface area contributed by atoms with Crippen LogP contribution in [-0.2, 0) is 38.4 Å². The van der Waals surface area contributed by atoms with Crippen molar-refractivity contribution in [2.24, 2.45) is 0 Å². The first-order chi connectivity index (χ1) is 1.41. The zero-order chi connectivity index (χ0) is 2.71. The average molecular weight is 172 g/mol. The SMILES string of the molecule is FOF.[Co].[Ni]. The van der Waals surface area contributed by atoms with Crippen molar-refractivity contribution in [1.82, 2.24) is 0 Å². The van der Waals surface area contributed by atoms with Crippen LogP contribution in [0.3, 0.4) is 0 Å². The third kappa shape index (κ3) is 57.0. The van der Waals surface area contributed by atoms with Crippen LogP contribution in [0.15, 0.2) is 0 Å². The van der Waals surface area contributed by atoms with Crippen molar-refractivity contribution >= 4 is 0 Å². The van der Waals surface area contributed by atoms with Crippen molar-refractivity contribution in [2.75, 3.05) is 0 Å². The second kappa shape index (κ2) is 21.2. The third-order valence-corrected chi connectivity index (χ3v) is 0. The molecular weight excluding hydrogens is 172 g/mol. The van der Waals surface area contributed by atoms with Gasteiger partial charge in [0.1, 0.15) is 0 Å². The van der Waals surface area contributed by atoms with Crippen molar-refractivity contribution in [2.45, 2.75) is 0 Å². The van der Waals surface area contributed by atoms with Gasteiger partial charge in [0.25, 0.3) is 0 Å².